The van der Waals surface area contributed by atoms with Gasteiger partial charge in [0.25, 0.3) is 17.7 Å². The van der Waals surface area contributed by atoms with E-state index in [0.717, 1.165) is 5.56 Å². The number of hydrogen-bond donors (Lipinski definition) is 3. The molecule has 3 amide bonds. The standard InChI is InChI=1S/C26H25N5O6S/c1-35-16-11-9-15(10-12-16)14-29-25(33)22(19-8-5-13-37-19)31(17-6-3-4-7-18(17)36-2)26(34)23-20(27)21(24(28)32)30-38-23/h3-13,22H,14,27H2,1-2H3,(H2,28,32)(H,29,33). The summed E-state index contributed by atoms with van der Waals surface area (Å²) in [6, 6.07) is 15.8. The summed E-state index contributed by atoms with van der Waals surface area (Å²) in [5.41, 5.74) is 12.1. The van der Waals surface area contributed by atoms with Crippen LogP contribution in [-0.4, -0.2) is 36.3 Å². The van der Waals surface area contributed by atoms with Gasteiger partial charge in [0.2, 0.25) is 0 Å². The summed E-state index contributed by atoms with van der Waals surface area (Å²) in [6.45, 7) is 0.169. The Morgan fingerprint density at radius 2 is 1.79 bits per heavy atom. The fourth-order valence-corrected chi connectivity index (χ4v) is 4.53. The Morgan fingerprint density at radius 3 is 2.39 bits per heavy atom. The van der Waals surface area contributed by atoms with Gasteiger partial charge in [-0.05, 0) is 53.5 Å². The van der Waals surface area contributed by atoms with Gasteiger partial charge in [-0.1, -0.05) is 24.3 Å². The maximum Gasteiger partial charge on any atom is 0.273 e. The number of hydrogen-bond acceptors (Lipinski definition) is 9. The van der Waals surface area contributed by atoms with Crippen molar-refractivity contribution in [2.45, 2.75) is 12.6 Å². The predicted molar refractivity (Wildman–Crippen MR) is 141 cm³/mol. The average molecular weight is 536 g/mol. The number of amides is 3. The zero-order chi connectivity index (χ0) is 27.2. The number of nitrogens with two attached hydrogens (primary N) is 2. The van der Waals surface area contributed by atoms with Crippen LogP contribution >= 0.6 is 11.5 Å². The van der Waals surface area contributed by atoms with Crippen LogP contribution < -0.4 is 31.2 Å². The smallest absolute Gasteiger partial charge is 0.273 e. The third-order valence-corrected chi connectivity index (χ3v) is 6.52. The number of anilines is 2. The number of aromatic nitrogens is 1. The molecule has 12 heteroatoms. The quantitative estimate of drug-likeness (QED) is 0.279. The minimum atomic E-state index is -1.27. The minimum absolute atomic E-state index is 0.0655. The molecule has 0 spiro atoms. The van der Waals surface area contributed by atoms with Crippen molar-refractivity contribution < 1.29 is 28.3 Å². The number of methoxy groups -OCH3 is 2. The van der Waals surface area contributed by atoms with Gasteiger partial charge in [0.15, 0.2) is 11.7 Å². The largest absolute Gasteiger partial charge is 0.497 e. The van der Waals surface area contributed by atoms with Crippen molar-refractivity contribution in [1.82, 2.24) is 9.69 Å². The molecule has 1 unspecified atom stereocenters. The molecule has 0 saturated carbocycles. The molecule has 2 heterocycles. The van der Waals surface area contributed by atoms with Crippen LogP contribution in [-0.2, 0) is 11.3 Å². The van der Waals surface area contributed by atoms with Crippen molar-refractivity contribution in [3.8, 4) is 11.5 Å². The van der Waals surface area contributed by atoms with Crippen LogP contribution in [0, 0.1) is 0 Å². The first-order chi connectivity index (χ1) is 18.3. The molecule has 0 bridgehead atoms. The number of nitrogens with zero attached hydrogens (tertiary/aromatic N) is 2. The van der Waals surface area contributed by atoms with Crippen LogP contribution in [0.15, 0.2) is 71.3 Å². The Labute approximate surface area is 222 Å². The number of carbonyl (C=O) groups is 3. The van der Waals surface area contributed by atoms with E-state index in [2.05, 4.69) is 9.69 Å². The van der Waals surface area contributed by atoms with Crippen LogP contribution in [0.4, 0.5) is 11.4 Å². The van der Waals surface area contributed by atoms with Crippen LogP contribution in [0.1, 0.15) is 37.5 Å². The van der Waals surface area contributed by atoms with Gasteiger partial charge in [0, 0.05) is 6.54 Å². The molecule has 5 N–H and O–H groups in total. The number of ether oxygens (including phenoxy) is 2. The van der Waals surface area contributed by atoms with E-state index in [1.807, 2.05) is 12.1 Å². The van der Waals surface area contributed by atoms with E-state index in [9.17, 15) is 14.4 Å². The Bertz CT molecular complexity index is 1430. The fourth-order valence-electron chi connectivity index (χ4n) is 3.78. The van der Waals surface area contributed by atoms with E-state index in [-0.39, 0.29) is 34.3 Å². The van der Waals surface area contributed by atoms with E-state index < -0.39 is 23.8 Å². The number of nitrogens with one attached hydrogen (secondary N) is 1. The van der Waals surface area contributed by atoms with Gasteiger partial charge in [0.05, 0.1) is 31.9 Å². The van der Waals surface area contributed by atoms with Gasteiger partial charge in [-0.15, -0.1) is 0 Å². The lowest BCUT2D eigenvalue weighted by atomic mass is 10.1. The molecule has 11 nitrogen and oxygen atoms in total. The average Bonchev–Trinajstić information content (AvgIpc) is 3.60. The van der Waals surface area contributed by atoms with Crippen molar-refractivity contribution in [3.05, 3.63) is 88.8 Å². The number of nitrogen functional groups attached to an aromatic ring is 1. The predicted octanol–water partition coefficient (Wildman–Crippen LogP) is 3.14. The van der Waals surface area contributed by atoms with Gasteiger partial charge in [-0.25, -0.2) is 0 Å². The van der Waals surface area contributed by atoms with E-state index in [1.165, 1.54) is 18.3 Å². The number of furan rings is 1. The van der Waals surface area contributed by atoms with Crippen molar-refractivity contribution in [3.63, 3.8) is 0 Å². The van der Waals surface area contributed by atoms with Crippen molar-refractivity contribution >= 4 is 40.6 Å². The molecule has 0 aliphatic carbocycles. The topological polar surface area (TPSA) is 163 Å². The van der Waals surface area contributed by atoms with E-state index in [4.69, 9.17) is 25.4 Å². The van der Waals surface area contributed by atoms with Crippen LogP contribution in [0.3, 0.4) is 0 Å². The van der Waals surface area contributed by atoms with E-state index in [0.29, 0.717) is 23.0 Å². The molecule has 2 aromatic carbocycles. The molecule has 0 fully saturated rings. The Hall–Kier alpha value is -4.84. The highest BCUT2D eigenvalue weighted by atomic mass is 32.1. The number of para-hydroxylation sites is 2. The molecule has 0 aliphatic heterocycles. The molecule has 0 saturated heterocycles. The van der Waals surface area contributed by atoms with Gasteiger partial charge in [-0.2, -0.15) is 4.37 Å². The molecule has 4 rings (SSSR count). The van der Waals surface area contributed by atoms with Crippen LogP contribution in [0.5, 0.6) is 11.5 Å². The van der Waals surface area contributed by atoms with Gasteiger partial charge in [0.1, 0.15) is 22.1 Å². The minimum Gasteiger partial charge on any atom is -0.497 e. The molecule has 4 aromatic rings. The summed E-state index contributed by atoms with van der Waals surface area (Å²) in [6.07, 6.45) is 1.40. The van der Waals surface area contributed by atoms with Gasteiger partial charge in [-0.3, -0.25) is 19.3 Å². The Kier molecular flexibility index (Phi) is 7.92. The monoisotopic (exact) mass is 535 g/mol. The molecular weight excluding hydrogens is 510 g/mol. The summed E-state index contributed by atoms with van der Waals surface area (Å²) in [7, 11) is 3.01. The zero-order valence-corrected chi connectivity index (χ0v) is 21.4. The summed E-state index contributed by atoms with van der Waals surface area (Å²) in [5.74, 6) is -0.917. The second-order valence-electron chi connectivity index (χ2n) is 7.97. The second kappa shape index (κ2) is 11.5. The first-order valence-corrected chi connectivity index (χ1v) is 12.1. The van der Waals surface area contributed by atoms with Gasteiger partial charge < -0.3 is 30.7 Å². The van der Waals surface area contributed by atoms with Crippen molar-refractivity contribution in [2.75, 3.05) is 24.9 Å². The Morgan fingerprint density at radius 1 is 1.05 bits per heavy atom. The lowest BCUT2D eigenvalue weighted by molar-refractivity contribution is -0.123. The Balaban J connectivity index is 1.78. The van der Waals surface area contributed by atoms with Gasteiger partial charge >= 0.3 is 0 Å². The molecule has 0 aliphatic rings. The second-order valence-corrected chi connectivity index (χ2v) is 8.74. The zero-order valence-electron chi connectivity index (χ0n) is 20.5. The maximum absolute atomic E-state index is 14.0. The van der Waals surface area contributed by atoms with E-state index in [1.54, 1.807) is 55.6 Å². The number of benzene rings is 2. The lowest BCUT2D eigenvalue weighted by Gasteiger charge is -2.30. The number of primary amides is 1. The molecule has 2 aromatic heterocycles. The molecule has 196 valence electrons. The highest BCUT2D eigenvalue weighted by Gasteiger charge is 2.38. The summed E-state index contributed by atoms with van der Waals surface area (Å²) >= 11 is 0.707. The lowest BCUT2D eigenvalue weighted by Crippen LogP contribution is -2.44. The summed E-state index contributed by atoms with van der Waals surface area (Å²) in [5, 5.41) is 2.86. The summed E-state index contributed by atoms with van der Waals surface area (Å²) < 4.78 is 20.2. The summed E-state index contributed by atoms with van der Waals surface area (Å²) in [4.78, 5) is 40.6. The molecule has 1 atom stereocenters. The molecular formula is C26H25N5O6S. The fraction of sp³-hybridized carbons (Fsp3) is 0.154. The van der Waals surface area contributed by atoms with Crippen LogP contribution in [0.2, 0.25) is 0 Å². The normalized spacial score (nSPS) is 11.4. The first kappa shape index (κ1) is 26.2. The third kappa shape index (κ3) is 5.30. The van der Waals surface area contributed by atoms with Crippen molar-refractivity contribution in [2.24, 2.45) is 5.73 Å². The van der Waals surface area contributed by atoms with Crippen LogP contribution in [0.25, 0.3) is 0 Å². The molecule has 38 heavy (non-hydrogen) atoms. The highest BCUT2D eigenvalue weighted by molar-refractivity contribution is 7.09. The van der Waals surface area contributed by atoms with E-state index >= 15 is 0 Å². The SMILES string of the molecule is COc1ccc(CNC(=O)C(c2ccco2)N(C(=O)c2snc(C(N)=O)c2N)c2ccccc2OC)cc1. The third-order valence-electron chi connectivity index (χ3n) is 5.66. The van der Waals surface area contributed by atoms with Crippen molar-refractivity contribution in [1.29, 1.82) is 0 Å². The maximum atomic E-state index is 14.0. The number of carbonyl (C=O) groups excluding carboxylic acids is 3. The molecule has 0 radical (unpaired) electrons. The number of rotatable bonds is 10. The highest BCUT2D eigenvalue weighted by Crippen LogP contribution is 2.38. The first-order valence-electron chi connectivity index (χ1n) is 11.3.